The molecule has 9 heteroatoms. The Hall–Kier alpha value is -2.68. The molecule has 0 atom stereocenters. The standard InChI is InChI=1S/C14H13F2N3O3S/c1-8-11(6-7-21-8)12(20)18-19-14(23)17-9-2-4-10(5-3-9)22-13(15)16/h2-7,13H,1H3,(H,18,20)(H2,17,19,23). The average Bonchev–Trinajstić information content (AvgIpc) is 2.92. The van der Waals surface area contributed by atoms with Gasteiger partial charge in [-0.05, 0) is 49.5 Å². The molecule has 0 radical (unpaired) electrons. The molecule has 1 aromatic carbocycles. The maximum atomic E-state index is 12.0. The van der Waals surface area contributed by atoms with E-state index in [9.17, 15) is 13.6 Å². The Morgan fingerprint density at radius 3 is 2.48 bits per heavy atom. The van der Waals surface area contributed by atoms with Gasteiger partial charge in [-0.25, -0.2) is 0 Å². The zero-order valence-electron chi connectivity index (χ0n) is 11.9. The molecule has 0 saturated heterocycles. The number of anilines is 1. The first kappa shape index (κ1) is 16.7. The predicted molar refractivity (Wildman–Crippen MR) is 83.3 cm³/mol. The van der Waals surface area contributed by atoms with E-state index in [4.69, 9.17) is 16.6 Å². The Morgan fingerprint density at radius 2 is 1.91 bits per heavy atom. The Balaban J connectivity index is 1.83. The molecule has 1 heterocycles. The molecular formula is C14H13F2N3O3S. The fourth-order valence-electron chi connectivity index (χ4n) is 1.68. The second kappa shape index (κ2) is 7.54. The molecule has 3 N–H and O–H groups in total. The maximum absolute atomic E-state index is 12.0. The van der Waals surface area contributed by atoms with E-state index < -0.39 is 12.5 Å². The number of aryl methyl sites for hydroxylation is 1. The summed E-state index contributed by atoms with van der Waals surface area (Å²) in [4.78, 5) is 11.8. The first-order valence-corrected chi connectivity index (χ1v) is 6.83. The van der Waals surface area contributed by atoms with Gasteiger partial charge in [-0.3, -0.25) is 15.6 Å². The fraction of sp³-hybridized carbons (Fsp3) is 0.143. The molecule has 2 aromatic rings. The number of carbonyl (C=O) groups is 1. The smallest absolute Gasteiger partial charge is 0.387 e. The van der Waals surface area contributed by atoms with Crippen LogP contribution in [0.4, 0.5) is 14.5 Å². The second-order valence-corrected chi connectivity index (χ2v) is 4.73. The lowest BCUT2D eigenvalue weighted by Crippen LogP contribution is -2.43. The van der Waals surface area contributed by atoms with E-state index in [1.807, 2.05) is 0 Å². The van der Waals surface area contributed by atoms with Crippen molar-refractivity contribution in [3.05, 3.63) is 47.9 Å². The largest absolute Gasteiger partial charge is 0.469 e. The minimum atomic E-state index is -2.88. The summed E-state index contributed by atoms with van der Waals surface area (Å²) in [6.45, 7) is -1.22. The fourth-order valence-corrected chi connectivity index (χ4v) is 1.85. The number of hydrogen-bond donors (Lipinski definition) is 3. The summed E-state index contributed by atoms with van der Waals surface area (Å²) in [5.41, 5.74) is 5.85. The van der Waals surface area contributed by atoms with Crippen molar-refractivity contribution >= 4 is 28.9 Å². The highest BCUT2D eigenvalue weighted by molar-refractivity contribution is 7.80. The topological polar surface area (TPSA) is 75.5 Å². The molecule has 0 unspecified atom stereocenters. The lowest BCUT2D eigenvalue weighted by Gasteiger charge is -2.12. The third-order valence-electron chi connectivity index (χ3n) is 2.73. The normalized spacial score (nSPS) is 10.3. The zero-order valence-corrected chi connectivity index (χ0v) is 12.7. The quantitative estimate of drug-likeness (QED) is 0.586. The molecule has 23 heavy (non-hydrogen) atoms. The van der Waals surface area contributed by atoms with E-state index in [1.165, 1.54) is 36.6 Å². The highest BCUT2D eigenvalue weighted by atomic mass is 32.1. The molecule has 6 nitrogen and oxygen atoms in total. The van der Waals surface area contributed by atoms with Crippen molar-refractivity contribution in [2.24, 2.45) is 0 Å². The van der Waals surface area contributed by atoms with Crippen LogP contribution in [-0.2, 0) is 0 Å². The van der Waals surface area contributed by atoms with E-state index in [2.05, 4.69) is 20.9 Å². The Labute approximate surface area is 135 Å². The predicted octanol–water partition coefficient (Wildman–Crippen LogP) is 2.82. The van der Waals surface area contributed by atoms with Gasteiger partial charge in [-0.1, -0.05) is 0 Å². The number of hydrazine groups is 1. The molecule has 0 aliphatic rings. The van der Waals surface area contributed by atoms with Gasteiger partial charge in [0.1, 0.15) is 11.5 Å². The summed E-state index contributed by atoms with van der Waals surface area (Å²) in [6, 6.07) is 7.28. The Bertz CT molecular complexity index is 689. The van der Waals surface area contributed by atoms with Gasteiger partial charge in [-0.15, -0.1) is 0 Å². The first-order chi connectivity index (χ1) is 11.0. The lowest BCUT2D eigenvalue weighted by molar-refractivity contribution is -0.0498. The van der Waals surface area contributed by atoms with Gasteiger partial charge in [0.2, 0.25) is 0 Å². The highest BCUT2D eigenvalue weighted by Crippen LogP contribution is 2.17. The summed E-state index contributed by atoms with van der Waals surface area (Å²) in [7, 11) is 0. The van der Waals surface area contributed by atoms with E-state index in [0.29, 0.717) is 17.0 Å². The number of amides is 1. The first-order valence-electron chi connectivity index (χ1n) is 6.42. The average molecular weight is 341 g/mol. The van der Waals surface area contributed by atoms with Gasteiger partial charge in [0, 0.05) is 5.69 Å². The third kappa shape index (κ3) is 4.92. The maximum Gasteiger partial charge on any atom is 0.387 e. The van der Waals surface area contributed by atoms with Crippen molar-refractivity contribution < 1.29 is 22.7 Å². The van der Waals surface area contributed by atoms with Gasteiger partial charge >= 0.3 is 6.61 Å². The number of thiocarbonyl (C=S) groups is 1. The molecule has 0 spiro atoms. The van der Waals surface area contributed by atoms with E-state index >= 15 is 0 Å². The highest BCUT2D eigenvalue weighted by Gasteiger charge is 2.11. The minimum Gasteiger partial charge on any atom is -0.469 e. The van der Waals surface area contributed by atoms with Crippen molar-refractivity contribution in [2.75, 3.05) is 5.32 Å². The summed E-state index contributed by atoms with van der Waals surface area (Å²) in [5.74, 6) is 0.118. The Morgan fingerprint density at radius 1 is 1.22 bits per heavy atom. The molecule has 0 bridgehead atoms. The van der Waals surface area contributed by atoms with Crippen molar-refractivity contribution in [1.82, 2.24) is 10.9 Å². The van der Waals surface area contributed by atoms with E-state index in [0.717, 1.165) is 0 Å². The molecule has 1 amide bonds. The van der Waals surface area contributed by atoms with Crippen LogP contribution in [0.3, 0.4) is 0 Å². The number of hydrogen-bond acceptors (Lipinski definition) is 4. The number of alkyl halides is 2. The molecule has 2 rings (SSSR count). The van der Waals surface area contributed by atoms with Gasteiger partial charge in [0.15, 0.2) is 5.11 Å². The summed E-state index contributed by atoms with van der Waals surface area (Å²) in [6.07, 6.45) is 1.41. The number of carbonyl (C=O) groups excluding carboxylic acids is 1. The third-order valence-corrected chi connectivity index (χ3v) is 2.93. The SMILES string of the molecule is Cc1occc1C(=O)NNC(=S)Nc1ccc(OC(F)F)cc1. The van der Waals surface area contributed by atoms with Crippen molar-refractivity contribution in [2.45, 2.75) is 13.5 Å². The number of halogens is 2. The van der Waals surface area contributed by atoms with E-state index in [1.54, 1.807) is 6.92 Å². The van der Waals surface area contributed by atoms with Gasteiger partial charge < -0.3 is 14.5 Å². The van der Waals surface area contributed by atoms with Crippen LogP contribution >= 0.6 is 12.2 Å². The number of nitrogens with one attached hydrogen (secondary N) is 3. The number of ether oxygens (including phenoxy) is 1. The summed E-state index contributed by atoms with van der Waals surface area (Å²) >= 11 is 5.01. The van der Waals surface area contributed by atoms with Crippen molar-refractivity contribution in [1.29, 1.82) is 0 Å². The van der Waals surface area contributed by atoms with Crippen LogP contribution in [0, 0.1) is 6.92 Å². The van der Waals surface area contributed by atoms with Crippen LogP contribution in [0.1, 0.15) is 16.1 Å². The monoisotopic (exact) mass is 341 g/mol. The van der Waals surface area contributed by atoms with Crippen molar-refractivity contribution in [3.8, 4) is 5.75 Å². The van der Waals surface area contributed by atoms with Crippen LogP contribution in [0.15, 0.2) is 41.0 Å². The molecule has 0 fully saturated rings. The van der Waals surface area contributed by atoms with Crippen LogP contribution in [0.5, 0.6) is 5.75 Å². The molecule has 0 aliphatic heterocycles. The van der Waals surface area contributed by atoms with Crippen molar-refractivity contribution in [3.63, 3.8) is 0 Å². The molecule has 1 aromatic heterocycles. The lowest BCUT2D eigenvalue weighted by atomic mass is 10.2. The van der Waals surface area contributed by atoms with Crippen LogP contribution in [0.2, 0.25) is 0 Å². The number of benzene rings is 1. The molecule has 0 saturated carbocycles. The number of rotatable bonds is 4. The molecule has 0 aliphatic carbocycles. The number of furan rings is 1. The minimum absolute atomic E-state index is 0.0353. The summed E-state index contributed by atoms with van der Waals surface area (Å²) < 4.78 is 33.3. The van der Waals surface area contributed by atoms with E-state index in [-0.39, 0.29) is 10.9 Å². The van der Waals surface area contributed by atoms with Gasteiger partial charge in [0.05, 0.1) is 11.8 Å². The van der Waals surface area contributed by atoms with Crippen LogP contribution in [0.25, 0.3) is 0 Å². The van der Waals surface area contributed by atoms with Crippen LogP contribution < -0.4 is 20.9 Å². The van der Waals surface area contributed by atoms with Crippen LogP contribution in [-0.4, -0.2) is 17.6 Å². The van der Waals surface area contributed by atoms with Gasteiger partial charge in [0.25, 0.3) is 5.91 Å². The molecule has 122 valence electrons. The molecular weight excluding hydrogens is 328 g/mol. The van der Waals surface area contributed by atoms with Gasteiger partial charge in [-0.2, -0.15) is 8.78 Å². The zero-order chi connectivity index (χ0) is 16.8. The second-order valence-electron chi connectivity index (χ2n) is 4.33. The summed E-state index contributed by atoms with van der Waals surface area (Å²) in [5, 5.41) is 2.90. The Kier molecular flexibility index (Phi) is 5.47.